The second kappa shape index (κ2) is 9.57. The highest BCUT2D eigenvalue weighted by molar-refractivity contribution is 7.23. The van der Waals surface area contributed by atoms with Crippen molar-refractivity contribution in [3.8, 4) is 10.6 Å². The number of halogens is 2. The fourth-order valence-corrected chi connectivity index (χ4v) is 7.30. The zero-order chi connectivity index (χ0) is 20.7. The van der Waals surface area contributed by atoms with Gasteiger partial charge in [0.2, 0.25) is 5.91 Å². The first-order chi connectivity index (χ1) is 14.6. The van der Waals surface area contributed by atoms with Gasteiger partial charge in [0.15, 0.2) is 0 Å². The molecule has 3 aromatic heterocycles. The standard InChI is InChI=1S/C22H20ClN3OS3.ClH/c1-2-26-10-9-14-17(12-26)30-22(25-19(27)11-13-7-8-18(23)28-13)20(14)21-24-15-5-3-4-6-16(15)29-21;/h3-8H,2,9-12H2,1H3,(H,25,27);1H. The summed E-state index contributed by atoms with van der Waals surface area (Å²) in [6.45, 7) is 5.21. The third-order valence-electron chi connectivity index (χ3n) is 5.31. The van der Waals surface area contributed by atoms with Crippen LogP contribution < -0.4 is 5.32 Å². The topological polar surface area (TPSA) is 45.2 Å². The number of hydrogen-bond donors (Lipinski definition) is 1. The number of thiophene rings is 2. The molecule has 0 atom stereocenters. The molecule has 0 fully saturated rings. The van der Waals surface area contributed by atoms with E-state index < -0.39 is 0 Å². The molecule has 0 spiro atoms. The summed E-state index contributed by atoms with van der Waals surface area (Å²) in [5.74, 6) is -0.0122. The van der Waals surface area contributed by atoms with E-state index in [1.54, 1.807) is 22.7 Å². The lowest BCUT2D eigenvalue weighted by Crippen LogP contribution is -2.29. The first-order valence-electron chi connectivity index (χ1n) is 9.87. The highest BCUT2D eigenvalue weighted by Gasteiger charge is 2.27. The molecular weight excluding hydrogens is 489 g/mol. The van der Waals surface area contributed by atoms with Crippen molar-refractivity contribution in [2.24, 2.45) is 0 Å². The number of para-hydroxylation sites is 1. The first kappa shape index (κ1) is 22.7. The summed E-state index contributed by atoms with van der Waals surface area (Å²) in [6.07, 6.45) is 1.32. The Morgan fingerprint density at radius 1 is 1.19 bits per heavy atom. The lowest BCUT2D eigenvalue weighted by molar-refractivity contribution is -0.115. The van der Waals surface area contributed by atoms with E-state index in [9.17, 15) is 4.79 Å². The molecule has 0 unspecified atom stereocenters. The van der Waals surface area contributed by atoms with E-state index >= 15 is 0 Å². The van der Waals surface area contributed by atoms with Crippen molar-refractivity contribution in [1.29, 1.82) is 0 Å². The molecule has 9 heteroatoms. The Morgan fingerprint density at radius 2 is 2.03 bits per heavy atom. The molecule has 1 N–H and O–H groups in total. The highest BCUT2D eigenvalue weighted by Crippen LogP contribution is 2.45. The van der Waals surface area contributed by atoms with Gasteiger partial charge in [0.25, 0.3) is 0 Å². The van der Waals surface area contributed by atoms with Gasteiger partial charge in [0, 0.05) is 28.4 Å². The van der Waals surface area contributed by atoms with Crippen LogP contribution in [0, 0.1) is 0 Å². The van der Waals surface area contributed by atoms with Crippen LogP contribution in [0.25, 0.3) is 20.8 Å². The van der Waals surface area contributed by atoms with E-state index in [0.717, 1.165) is 52.0 Å². The zero-order valence-electron chi connectivity index (χ0n) is 16.8. The van der Waals surface area contributed by atoms with Crippen molar-refractivity contribution < 1.29 is 4.79 Å². The normalized spacial score (nSPS) is 13.7. The molecule has 4 aromatic rings. The largest absolute Gasteiger partial charge is 0.317 e. The molecule has 4 heterocycles. The van der Waals surface area contributed by atoms with Crippen LogP contribution in [0.2, 0.25) is 4.34 Å². The van der Waals surface area contributed by atoms with Gasteiger partial charge in [-0.3, -0.25) is 9.69 Å². The van der Waals surface area contributed by atoms with Gasteiger partial charge in [-0.15, -0.1) is 46.4 Å². The van der Waals surface area contributed by atoms with Crippen LogP contribution in [0.3, 0.4) is 0 Å². The summed E-state index contributed by atoms with van der Waals surface area (Å²) in [4.78, 5) is 22.5. The van der Waals surface area contributed by atoms with E-state index in [4.69, 9.17) is 16.6 Å². The minimum absolute atomic E-state index is 0. The predicted octanol–water partition coefficient (Wildman–Crippen LogP) is 6.72. The quantitative estimate of drug-likeness (QED) is 0.324. The van der Waals surface area contributed by atoms with Crippen molar-refractivity contribution in [1.82, 2.24) is 9.88 Å². The van der Waals surface area contributed by atoms with Crippen LogP contribution in [-0.4, -0.2) is 28.9 Å². The number of fused-ring (bicyclic) bond motifs is 2. The van der Waals surface area contributed by atoms with E-state index in [0.29, 0.717) is 10.8 Å². The Hall–Kier alpha value is -1.48. The highest BCUT2D eigenvalue weighted by atomic mass is 35.5. The average Bonchev–Trinajstić information content (AvgIpc) is 3.43. The van der Waals surface area contributed by atoms with Crippen LogP contribution in [0.15, 0.2) is 36.4 Å². The number of nitrogens with one attached hydrogen (secondary N) is 1. The molecule has 1 amide bonds. The van der Waals surface area contributed by atoms with E-state index in [1.807, 2.05) is 30.3 Å². The van der Waals surface area contributed by atoms with Crippen LogP contribution in [0.1, 0.15) is 22.2 Å². The Balaban J connectivity index is 0.00000231. The number of carbonyl (C=O) groups excluding carboxylic acids is 1. The molecule has 0 saturated carbocycles. The van der Waals surface area contributed by atoms with Gasteiger partial charge in [-0.1, -0.05) is 30.7 Å². The number of thiazole rings is 1. The predicted molar refractivity (Wildman–Crippen MR) is 136 cm³/mol. The number of benzene rings is 1. The molecule has 31 heavy (non-hydrogen) atoms. The number of anilines is 1. The Kier molecular flexibility index (Phi) is 7.01. The maximum absolute atomic E-state index is 12.8. The van der Waals surface area contributed by atoms with Crippen LogP contribution in [-0.2, 0) is 24.2 Å². The summed E-state index contributed by atoms with van der Waals surface area (Å²) in [5.41, 5.74) is 3.47. The van der Waals surface area contributed by atoms with Crippen molar-refractivity contribution >= 4 is 79.1 Å². The lowest BCUT2D eigenvalue weighted by Gasteiger charge is -2.25. The molecule has 0 radical (unpaired) electrons. The number of likely N-dealkylation sites (N-methyl/N-ethyl adjacent to an activating group) is 1. The average molecular weight is 511 g/mol. The summed E-state index contributed by atoms with van der Waals surface area (Å²) >= 11 is 10.9. The van der Waals surface area contributed by atoms with Crippen LogP contribution in [0.4, 0.5) is 5.00 Å². The SMILES string of the molecule is CCN1CCc2c(sc(NC(=O)Cc3ccc(Cl)s3)c2-c2nc3ccccc3s2)C1.Cl. The van der Waals surface area contributed by atoms with Gasteiger partial charge in [-0.05, 0) is 42.8 Å². The fraction of sp³-hybridized carbons (Fsp3) is 0.273. The summed E-state index contributed by atoms with van der Waals surface area (Å²) in [7, 11) is 0. The maximum Gasteiger partial charge on any atom is 0.230 e. The van der Waals surface area contributed by atoms with Crippen LogP contribution >= 0.6 is 58.0 Å². The molecule has 0 bridgehead atoms. The van der Waals surface area contributed by atoms with E-state index in [1.165, 1.54) is 26.5 Å². The zero-order valence-corrected chi connectivity index (χ0v) is 20.8. The number of nitrogens with zero attached hydrogens (tertiary/aromatic N) is 2. The minimum Gasteiger partial charge on any atom is -0.317 e. The molecule has 0 aliphatic carbocycles. The summed E-state index contributed by atoms with van der Waals surface area (Å²) < 4.78 is 1.88. The fourth-order valence-electron chi connectivity index (χ4n) is 3.80. The molecule has 1 aliphatic rings. The molecule has 162 valence electrons. The number of aromatic nitrogens is 1. The second-order valence-corrected chi connectivity index (χ2v) is 11.2. The van der Waals surface area contributed by atoms with Gasteiger partial charge in [0.05, 0.1) is 21.0 Å². The van der Waals surface area contributed by atoms with E-state index in [2.05, 4.69) is 23.2 Å². The molecule has 4 nitrogen and oxygen atoms in total. The minimum atomic E-state index is -0.0122. The van der Waals surface area contributed by atoms with Gasteiger partial charge >= 0.3 is 0 Å². The molecule has 1 aliphatic heterocycles. The number of amides is 1. The Labute approximate surface area is 204 Å². The monoisotopic (exact) mass is 509 g/mol. The molecule has 5 rings (SSSR count). The van der Waals surface area contributed by atoms with Gasteiger partial charge in [-0.2, -0.15) is 0 Å². The third-order valence-corrected chi connectivity index (χ3v) is 8.72. The number of hydrogen-bond acceptors (Lipinski definition) is 6. The summed E-state index contributed by atoms with van der Waals surface area (Å²) in [6, 6.07) is 12.0. The number of rotatable bonds is 5. The van der Waals surface area contributed by atoms with Crippen molar-refractivity contribution in [3.63, 3.8) is 0 Å². The molecular formula is C22H21Cl2N3OS3. The number of carbonyl (C=O) groups is 1. The van der Waals surface area contributed by atoms with Crippen molar-refractivity contribution in [2.75, 3.05) is 18.4 Å². The van der Waals surface area contributed by atoms with Gasteiger partial charge in [-0.25, -0.2) is 4.98 Å². The summed E-state index contributed by atoms with van der Waals surface area (Å²) in [5, 5.41) is 5.11. The lowest BCUT2D eigenvalue weighted by atomic mass is 10.0. The molecule has 1 aromatic carbocycles. The Morgan fingerprint density at radius 3 is 2.77 bits per heavy atom. The molecule has 0 saturated heterocycles. The maximum atomic E-state index is 12.8. The van der Waals surface area contributed by atoms with Crippen LogP contribution in [0.5, 0.6) is 0 Å². The van der Waals surface area contributed by atoms with Crippen molar-refractivity contribution in [3.05, 3.63) is 56.1 Å². The van der Waals surface area contributed by atoms with Crippen molar-refractivity contribution in [2.45, 2.75) is 26.3 Å². The smallest absolute Gasteiger partial charge is 0.230 e. The third kappa shape index (κ3) is 4.67. The first-order valence-corrected chi connectivity index (χ1v) is 12.7. The second-order valence-electron chi connectivity index (χ2n) is 7.24. The Bertz CT molecular complexity index is 1200. The van der Waals surface area contributed by atoms with Gasteiger partial charge < -0.3 is 5.32 Å². The van der Waals surface area contributed by atoms with E-state index in [-0.39, 0.29) is 18.3 Å². The van der Waals surface area contributed by atoms with Gasteiger partial charge in [0.1, 0.15) is 10.0 Å².